The maximum atomic E-state index is 3.72. The van der Waals surface area contributed by atoms with Crippen LogP contribution in [0.15, 0.2) is 0 Å². The van der Waals surface area contributed by atoms with Crippen molar-refractivity contribution in [3.05, 3.63) is 0 Å². The minimum absolute atomic E-state index is 0.275. The van der Waals surface area contributed by atoms with Crippen LogP contribution in [-0.2, 0) is 0 Å². The Bertz CT molecular complexity index is 182. The summed E-state index contributed by atoms with van der Waals surface area (Å²) in [5.74, 6) is 0.905. The molecule has 1 fully saturated rings. The summed E-state index contributed by atoms with van der Waals surface area (Å²) in [6.45, 7) is 13.9. The molecule has 1 aliphatic rings. The zero-order valence-electron chi connectivity index (χ0n) is 10.8. The molecular formula is C13H27N. The third-order valence-electron chi connectivity index (χ3n) is 3.29. The first-order valence-electron chi connectivity index (χ1n) is 5.96. The molecule has 1 N–H and O–H groups in total. The molecule has 0 aromatic rings. The third kappa shape index (κ3) is 3.61. The average Bonchev–Trinajstić information content (AvgIpc) is 2.29. The normalized spacial score (nSPS) is 29.6. The molecule has 0 aromatic heterocycles. The van der Waals surface area contributed by atoms with E-state index in [0.29, 0.717) is 5.41 Å². The van der Waals surface area contributed by atoms with Crippen LogP contribution in [0.25, 0.3) is 0 Å². The molecule has 0 radical (unpaired) electrons. The van der Waals surface area contributed by atoms with Gasteiger partial charge in [0.25, 0.3) is 0 Å². The van der Waals surface area contributed by atoms with Crippen LogP contribution in [0.4, 0.5) is 0 Å². The van der Waals surface area contributed by atoms with Crippen molar-refractivity contribution in [2.75, 3.05) is 0 Å². The first-order valence-corrected chi connectivity index (χ1v) is 5.96. The van der Waals surface area contributed by atoms with Crippen LogP contribution in [-0.4, -0.2) is 11.6 Å². The van der Waals surface area contributed by atoms with Gasteiger partial charge in [-0.2, -0.15) is 0 Å². The summed E-state index contributed by atoms with van der Waals surface area (Å²) in [4.78, 5) is 0. The lowest BCUT2D eigenvalue weighted by molar-refractivity contribution is 0.236. The predicted molar refractivity (Wildman–Crippen MR) is 63.5 cm³/mol. The zero-order valence-corrected chi connectivity index (χ0v) is 10.8. The van der Waals surface area contributed by atoms with Gasteiger partial charge in [0, 0.05) is 11.6 Å². The Morgan fingerprint density at radius 2 is 1.50 bits per heavy atom. The first kappa shape index (κ1) is 12.0. The molecule has 0 aromatic carbocycles. The molecule has 1 aliphatic carbocycles. The van der Waals surface area contributed by atoms with Crippen LogP contribution in [0.5, 0.6) is 0 Å². The van der Waals surface area contributed by atoms with E-state index in [9.17, 15) is 0 Å². The molecule has 1 nitrogen and oxygen atoms in total. The van der Waals surface area contributed by atoms with E-state index < -0.39 is 0 Å². The van der Waals surface area contributed by atoms with Gasteiger partial charge in [0.2, 0.25) is 0 Å². The van der Waals surface area contributed by atoms with Crippen LogP contribution in [0, 0.1) is 11.3 Å². The van der Waals surface area contributed by atoms with E-state index in [4.69, 9.17) is 0 Å². The second-order valence-corrected chi connectivity index (χ2v) is 6.97. The molecule has 0 spiro atoms. The van der Waals surface area contributed by atoms with Gasteiger partial charge in [-0.25, -0.2) is 0 Å². The molecule has 1 saturated carbocycles. The van der Waals surface area contributed by atoms with E-state index in [2.05, 4.69) is 46.9 Å². The van der Waals surface area contributed by atoms with E-state index in [1.54, 1.807) is 0 Å². The van der Waals surface area contributed by atoms with Crippen molar-refractivity contribution >= 4 is 0 Å². The summed E-state index contributed by atoms with van der Waals surface area (Å²) in [5.41, 5.74) is 0.770. The summed E-state index contributed by atoms with van der Waals surface area (Å²) in [5, 5.41) is 3.72. The van der Waals surface area contributed by atoms with Gasteiger partial charge in [-0.3, -0.25) is 0 Å². The quantitative estimate of drug-likeness (QED) is 0.677. The number of hydrogen-bond acceptors (Lipinski definition) is 1. The van der Waals surface area contributed by atoms with Gasteiger partial charge in [0.05, 0.1) is 0 Å². The van der Waals surface area contributed by atoms with E-state index >= 15 is 0 Å². The monoisotopic (exact) mass is 197 g/mol. The van der Waals surface area contributed by atoms with Crippen LogP contribution in [0.1, 0.15) is 60.8 Å². The van der Waals surface area contributed by atoms with Crippen molar-refractivity contribution in [3.63, 3.8) is 0 Å². The molecule has 2 atom stereocenters. The van der Waals surface area contributed by atoms with E-state index in [1.807, 2.05) is 0 Å². The maximum absolute atomic E-state index is 3.72. The number of hydrogen-bond donors (Lipinski definition) is 1. The van der Waals surface area contributed by atoms with Crippen molar-refractivity contribution in [2.45, 2.75) is 72.4 Å². The second-order valence-electron chi connectivity index (χ2n) is 6.97. The predicted octanol–water partition coefficient (Wildman–Crippen LogP) is 3.59. The molecule has 0 saturated heterocycles. The molecule has 1 rings (SSSR count). The fraction of sp³-hybridized carbons (Fsp3) is 1.00. The van der Waals surface area contributed by atoms with Crippen LogP contribution >= 0.6 is 0 Å². The van der Waals surface area contributed by atoms with E-state index in [0.717, 1.165) is 12.0 Å². The van der Waals surface area contributed by atoms with Crippen LogP contribution < -0.4 is 5.32 Å². The van der Waals surface area contributed by atoms with Gasteiger partial charge in [0.15, 0.2) is 0 Å². The minimum Gasteiger partial charge on any atom is -0.309 e. The Morgan fingerprint density at radius 1 is 0.929 bits per heavy atom. The van der Waals surface area contributed by atoms with Crippen LogP contribution in [0.3, 0.4) is 0 Å². The molecule has 2 unspecified atom stereocenters. The lowest BCUT2D eigenvalue weighted by atomic mass is 9.79. The highest BCUT2D eigenvalue weighted by atomic mass is 15.0. The Balaban J connectivity index is 2.42. The van der Waals surface area contributed by atoms with Crippen molar-refractivity contribution in [3.8, 4) is 0 Å². The molecule has 1 heteroatoms. The molecule has 0 amide bonds. The van der Waals surface area contributed by atoms with Crippen molar-refractivity contribution in [2.24, 2.45) is 11.3 Å². The average molecular weight is 197 g/mol. The molecular weight excluding hydrogens is 170 g/mol. The van der Waals surface area contributed by atoms with Crippen molar-refractivity contribution < 1.29 is 0 Å². The van der Waals surface area contributed by atoms with Gasteiger partial charge < -0.3 is 5.32 Å². The maximum Gasteiger partial charge on any atom is 0.00991 e. The Labute approximate surface area is 89.7 Å². The van der Waals surface area contributed by atoms with Crippen LogP contribution in [0.2, 0.25) is 0 Å². The molecule has 84 valence electrons. The van der Waals surface area contributed by atoms with Crippen molar-refractivity contribution in [1.82, 2.24) is 5.32 Å². The number of nitrogens with one attached hydrogen (secondary N) is 1. The van der Waals surface area contributed by atoms with Gasteiger partial charge in [0.1, 0.15) is 0 Å². The van der Waals surface area contributed by atoms with Gasteiger partial charge in [-0.15, -0.1) is 0 Å². The molecule has 0 heterocycles. The summed E-state index contributed by atoms with van der Waals surface area (Å²) in [6, 6.07) is 0.749. The van der Waals surface area contributed by atoms with Crippen molar-refractivity contribution in [1.29, 1.82) is 0 Å². The molecule has 14 heavy (non-hydrogen) atoms. The largest absolute Gasteiger partial charge is 0.309 e. The smallest absolute Gasteiger partial charge is 0.00991 e. The summed E-state index contributed by atoms with van der Waals surface area (Å²) in [7, 11) is 0. The SMILES string of the molecule is CC(C)(C)NC1CCC(C(C)(C)C)C1. The fourth-order valence-electron chi connectivity index (χ4n) is 2.51. The Morgan fingerprint density at radius 3 is 1.86 bits per heavy atom. The lowest BCUT2D eigenvalue weighted by Crippen LogP contribution is -2.42. The zero-order chi connectivity index (χ0) is 11.0. The molecule has 0 aliphatic heterocycles. The van der Waals surface area contributed by atoms with Gasteiger partial charge in [-0.05, 0) is 51.4 Å². The standard InChI is InChI=1S/C13H27N/c1-12(2,3)10-7-8-11(9-10)14-13(4,5)6/h10-11,14H,7-9H2,1-6H3. The highest BCUT2D eigenvalue weighted by Crippen LogP contribution is 2.39. The first-order chi connectivity index (χ1) is 6.18. The molecule has 0 bridgehead atoms. The highest BCUT2D eigenvalue weighted by Gasteiger charge is 2.33. The summed E-state index contributed by atoms with van der Waals surface area (Å²) >= 11 is 0. The summed E-state index contributed by atoms with van der Waals surface area (Å²) in [6.07, 6.45) is 4.12. The highest BCUT2D eigenvalue weighted by molar-refractivity contribution is 4.89. The number of rotatable bonds is 1. The second kappa shape index (κ2) is 3.84. The summed E-state index contributed by atoms with van der Waals surface area (Å²) < 4.78 is 0. The van der Waals surface area contributed by atoms with Gasteiger partial charge >= 0.3 is 0 Å². The Kier molecular flexibility index (Phi) is 3.30. The van der Waals surface area contributed by atoms with E-state index in [-0.39, 0.29) is 5.54 Å². The lowest BCUT2D eigenvalue weighted by Gasteiger charge is -2.29. The fourth-order valence-corrected chi connectivity index (χ4v) is 2.51. The topological polar surface area (TPSA) is 12.0 Å². The third-order valence-corrected chi connectivity index (χ3v) is 3.29. The van der Waals surface area contributed by atoms with E-state index in [1.165, 1.54) is 19.3 Å². The van der Waals surface area contributed by atoms with Gasteiger partial charge in [-0.1, -0.05) is 20.8 Å². The Hall–Kier alpha value is -0.0400. The minimum atomic E-state index is 0.275.